The summed E-state index contributed by atoms with van der Waals surface area (Å²) in [6.45, 7) is 0. The smallest absolute Gasteiger partial charge is 0.151 e. The zero-order valence-electron chi connectivity index (χ0n) is 5.25. The van der Waals surface area contributed by atoms with Gasteiger partial charge in [-0.2, -0.15) is 0 Å². The maximum absolute atomic E-state index is 10.2. The Hall–Kier alpha value is -0.890. The summed E-state index contributed by atoms with van der Waals surface area (Å²) in [5.74, 6) is 0.397. The van der Waals surface area contributed by atoms with Crippen LogP contribution in [0.25, 0.3) is 0 Å². The first-order chi connectivity index (χ1) is 4.86. The van der Waals surface area contributed by atoms with Crippen molar-refractivity contribution in [2.24, 2.45) is 0 Å². The van der Waals surface area contributed by atoms with Crippen LogP contribution in [0.3, 0.4) is 0 Å². The highest BCUT2D eigenvalue weighted by Crippen LogP contribution is 2.02. The van der Waals surface area contributed by atoms with E-state index in [0.29, 0.717) is 11.4 Å². The van der Waals surface area contributed by atoms with Crippen molar-refractivity contribution in [1.29, 1.82) is 0 Å². The van der Waals surface area contributed by atoms with E-state index in [4.69, 9.17) is 11.6 Å². The largest absolute Gasteiger partial charge is 0.298 e. The molecule has 1 heterocycles. The van der Waals surface area contributed by atoms with Crippen molar-refractivity contribution in [2.45, 2.75) is 5.88 Å². The van der Waals surface area contributed by atoms with Crippen LogP contribution in [-0.2, 0) is 5.88 Å². The molecule has 10 heavy (non-hydrogen) atoms. The lowest BCUT2D eigenvalue weighted by Gasteiger charge is -1.92. The van der Waals surface area contributed by atoms with Crippen molar-refractivity contribution < 1.29 is 4.79 Å². The number of aldehydes is 1. The van der Waals surface area contributed by atoms with Crippen LogP contribution in [0.2, 0.25) is 0 Å². The Bertz CT molecular complexity index is 237. The summed E-state index contributed by atoms with van der Waals surface area (Å²) >= 11 is 5.50. The fourth-order valence-electron chi connectivity index (χ4n) is 0.645. The molecule has 1 aromatic rings. The third-order valence-electron chi connectivity index (χ3n) is 1.11. The Morgan fingerprint density at radius 3 is 3.00 bits per heavy atom. The summed E-state index contributed by atoms with van der Waals surface area (Å²) in [6.07, 6.45) is 3.89. The van der Waals surface area contributed by atoms with Crippen LogP contribution in [0.1, 0.15) is 15.9 Å². The number of hydrogen-bond donors (Lipinski definition) is 0. The molecule has 0 N–H and O–H groups in total. The number of pyridine rings is 1. The molecule has 0 saturated carbocycles. The van der Waals surface area contributed by atoms with Crippen molar-refractivity contribution in [3.8, 4) is 0 Å². The van der Waals surface area contributed by atoms with Gasteiger partial charge in [-0.15, -0.1) is 11.6 Å². The van der Waals surface area contributed by atoms with E-state index in [1.54, 1.807) is 12.3 Å². The van der Waals surface area contributed by atoms with Gasteiger partial charge in [0.05, 0.1) is 0 Å². The van der Waals surface area contributed by atoms with Crippen molar-refractivity contribution in [1.82, 2.24) is 4.98 Å². The van der Waals surface area contributed by atoms with E-state index in [2.05, 4.69) is 4.98 Å². The lowest BCUT2D eigenvalue weighted by atomic mass is 10.2. The fraction of sp³-hybridized carbons (Fsp3) is 0.143. The molecule has 0 saturated heterocycles. The van der Waals surface area contributed by atoms with E-state index in [9.17, 15) is 4.79 Å². The normalized spacial score (nSPS) is 9.30. The van der Waals surface area contributed by atoms with Crippen LogP contribution in [0.15, 0.2) is 18.5 Å². The lowest BCUT2D eigenvalue weighted by molar-refractivity contribution is 0.112. The highest BCUT2D eigenvalue weighted by Gasteiger charge is 1.92. The number of rotatable bonds is 2. The Labute approximate surface area is 63.8 Å². The Balaban J connectivity index is 2.98. The molecule has 0 aliphatic carbocycles. The van der Waals surface area contributed by atoms with E-state index >= 15 is 0 Å². The summed E-state index contributed by atoms with van der Waals surface area (Å²) < 4.78 is 0. The summed E-state index contributed by atoms with van der Waals surface area (Å²) in [5, 5.41) is 0. The number of carbonyl (C=O) groups is 1. The van der Waals surface area contributed by atoms with Gasteiger partial charge in [0.25, 0.3) is 0 Å². The van der Waals surface area contributed by atoms with Gasteiger partial charge in [0.1, 0.15) is 0 Å². The minimum atomic E-state index is 0.397. The standard InChI is InChI=1S/C7H6ClNO/c8-2-6-1-7(5-10)4-9-3-6/h1,3-5H,2H2. The van der Waals surface area contributed by atoms with Gasteiger partial charge in [-0.05, 0) is 11.6 Å². The highest BCUT2D eigenvalue weighted by atomic mass is 35.5. The number of alkyl halides is 1. The van der Waals surface area contributed by atoms with E-state index in [0.717, 1.165) is 11.8 Å². The third kappa shape index (κ3) is 1.54. The van der Waals surface area contributed by atoms with E-state index in [1.807, 2.05) is 0 Å². The zero-order valence-corrected chi connectivity index (χ0v) is 6.01. The first-order valence-electron chi connectivity index (χ1n) is 2.82. The molecule has 0 fully saturated rings. The molecular formula is C7H6ClNO. The van der Waals surface area contributed by atoms with Crippen molar-refractivity contribution in [3.05, 3.63) is 29.6 Å². The van der Waals surface area contributed by atoms with Crippen LogP contribution in [0.5, 0.6) is 0 Å². The van der Waals surface area contributed by atoms with Crippen LogP contribution < -0.4 is 0 Å². The first-order valence-corrected chi connectivity index (χ1v) is 3.35. The molecule has 0 atom stereocenters. The molecule has 1 aromatic heterocycles. The molecule has 0 radical (unpaired) electrons. The molecule has 0 amide bonds. The van der Waals surface area contributed by atoms with Crippen molar-refractivity contribution >= 4 is 17.9 Å². The monoisotopic (exact) mass is 155 g/mol. The van der Waals surface area contributed by atoms with Gasteiger partial charge in [-0.1, -0.05) is 0 Å². The van der Waals surface area contributed by atoms with Gasteiger partial charge in [-0.25, -0.2) is 0 Å². The molecule has 2 nitrogen and oxygen atoms in total. The molecule has 3 heteroatoms. The lowest BCUT2D eigenvalue weighted by Crippen LogP contribution is -1.85. The topological polar surface area (TPSA) is 30.0 Å². The second-order valence-corrected chi connectivity index (χ2v) is 2.15. The predicted octanol–water partition coefficient (Wildman–Crippen LogP) is 1.63. The van der Waals surface area contributed by atoms with Crippen molar-refractivity contribution in [2.75, 3.05) is 0 Å². The summed E-state index contributed by atoms with van der Waals surface area (Å²) in [6, 6.07) is 1.72. The number of carbonyl (C=O) groups excluding carboxylic acids is 1. The first kappa shape index (κ1) is 7.22. The number of halogens is 1. The highest BCUT2D eigenvalue weighted by molar-refractivity contribution is 6.17. The number of hydrogen-bond acceptors (Lipinski definition) is 2. The van der Waals surface area contributed by atoms with Gasteiger partial charge in [0.2, 0.25) is 0 Å². The van der Waals surface area contributed by atoms with Crippen LogP contribution in [0, 0.1) is 0 Å². The predicted molar refractivity (Wildman–Crippen MR) is 39.2 cm³/mol. The maximum Gasteiger partial charge on any atom is 0.151 e. The molecule has 1 rings (SSSR count). The van der Waals surface area contributed by atoms with Gasteiger partial charge < -0.3 is 0 Å². The van der Waals surface area contributed by atoms with Gasteiger partial charge >= 0.3 is 0 Å². The quantitative estimate of drug-likeness (QED) is 0.480. The number of nitrogens with zero attached hydrogens (tertiary/aromatic N) is 1. The minimum Gasteiger partial charge on any atom is -0.298 e. The molecular weight excluding hydrogens is 150 g/mol. The molecule has 52 valence electrons. The summed E-state index contributed by atoms with van der Waals surface area (Å²) in [5.41, 5.74) is 1.43. The molecule has 0 aliphatic rings. The Morgan fingerprint density at radius 2 is 2.40 bits per heavy atom. The van der Waals surface area contributed by atoms with Crippen LogP contribution in [-0.4, -0.2) is 11.3 Å². The summed E-state index contributed by atoms with van der Waals surface area (Å²) in [4.78, 5) is 14.0. The van der Waals surface area contributed by atoms with Gasteiger partial charge in [0, 0.05) is 23.8 Å². The fourth-order valence-corrected chi connectivity index (χ4v) is 0.791. The van der Waals surface area contributed by atoms with Crippen LogP contribution in [0.4, 0.5) is 0 Å². The molecule has 0 aliphatic heterocycles. The Kier molecular flexibility index (Phi) is 2.40. The molecule has 0 unspecified atom stereocenters. The van der Waals surface area contributed by atoms with Crippen LogP contribution >= 0.6 is 11.6 Å². The molecule has 0 spiro atoms. The average molecular weight is 156 g/mol. The SMILES string of the molecule is O=Cc1cncc(CCl)c1. The molecule has 0 aromatic carbocycles. The van der Waals surface area contributed by atoms with E-state index < -0.39 is 0 Å². The van der Waals surface area contributed by atoms with Gasteiger partial charge in [-0.3, -0.25) is 9.78 Å². The average Bonchev–Trinajstić information content (AvgIpc) is 2.05. The second-order valence-electron chi connectivity index (χ2n) is 1.88. The minimum absolute atomic E-state index is 0.397. The molecule has 0 bridgehead atoms. The van der Waals surface area contributed by atoms with Crippen molar-refractivity contribution in [3.63, 3.8) is 0 Å². The van der Waals surface area contributed by atoms with Gasteiger partial charge in [0.15, 0.2) is 6.29 Å². The second kappa shape index (κ2) is 3.32. The maximum atomic E-state index is 10.2. The van der Waals surface area contributed by atoms with E-state index in [1.165, 1.54) is 6.20 Å². The Morgan fingerprint density at radius 1 is 1.60 bits per heavy atom. The zero-order chi connectivity index (χ0) is 7.40. The third-order valence-corrected chi connectivity index (χ3v) is 1.42. The summed E-state index contributed by atoms with van der Waals surface area (Å²) in [7, 11) is 0. The number of aromatic nitrogens is 1. The van der Waals surface area contributed by atoms with E-state index in [-0.39, 0.29) is 0 Å².